The van der Waals surface area contributed by atoms with Crippen molar-refractivity contribution in [3.8, 4) is 0 Å². The van der Waals surface area contributed by atoms with E-state index in [0.717, 1.165) is 19.5 Å². The monoisotopic (exact) mass is 233 g/mol. The van der Waals surface area contributed by atoms with Gasteiger partial charge in [-0.2, -0.15) is 5.10 Å². The van der Waals surface area contributed by atoms with E-state index in [4.69, 9.17) is 0 Å². The fourth-order valence-corrected chi connectivity index (χ4v) is 2.34. The lowest BCUT2D eigenvalue weighted by Crippen LogP contribution is -2.19. The summed E-state index contributed by atoms with van der Waals surface area (Å²) in [7, 11) is 1.96. The zero-order valence-electron chi connectivity index (χ0n) is 10.8. The third kappa shape index (κ3) is 4.35. The van der Waals surface area contributed by atoms with Crippen LogP contribution < -0.4 is 5.32 Å². The van der Waals surface area contributed by atoms with Crippen molar-refractivity contribution in [2.24, 2.45) is 7.05 Å². The van der Waals surface area contributed by atoms with Crippen LogP contribution in [0.25, 0.3) is 0 Å². The SMILES string of the molecule is Cn1cc(CCNCCC2=CCCCC2)cn1. The lowest BCUT2D eigenvalue weighted by Gasteiger charge is -2.12. The van der Waals surface area contributed by atoms with Crippen LogP contribution in [0.3, 0.4) is 0 Å². The Morgan fingerprint density at radius 2 is 2.18 bits per heavy atom. The average Bonchev–Trinajstić information content (AvgIpc) is 2.76. The largest absolute Gasteiger partial charge is 0.316 e. The van der Waals surface area contributed by atoms with Crippen LogP contribution in [0.15, 0.2) is 24.0 Å². The molecule has 1 aliphatic rings. The summed E-state index contributed by atoms with van der Waals surface area (Å²) in [5.74, 6) is 0. The molecule has 1 aliphatic carbocycles. The Morgan fingerprint density at radius 1 is 1.29 bits per heavy atom. The molecule has 2 rings (SSSR count). The van der Waals surface area contributed by atoms with Crippen LogP contribution in [0.5, 0.6) is 0 Å². The van der Waals surface area contributed by atoms with E-state index in [-0.39, 0.29) is 0 Å². The van der Waals surface area contributed by atoms with Crippen molar-refractivity contribution < 1.29 is 0 Å². The molecule has 3 heteroatoms. The summed E-state index contributed by atoms with van der Waals surface area (Å²) >= 11 is 0. The quantitative estimate of drug-likeness (QED) is 0.604. The lowest BCUT2D eigenvalue weighted by atomic mass is 9.97. The fourth-order valence-electron chi connectivity index (χ4n) is 2.34. The van der Waals surface area contributed by atoms with Gasteiger partial charge in [0.2, 0.25) is 0 Å². The lowest BCUT2D eigenvalue weighted by molar-refractivity contribution is 0.632. The van der Waals surface area contributed by atoms with Gasteiger partial charge in [0.1, 0.15) is 0 Å². The molecule has 1 aromatic rings. The molecule has 0 spiro atoms. The van der Waals surface area contributed by atoms with Gasteiger partial charge < -0.3 is 5.32 Å². The zero-order chi connectivity index (χ0) is 11.9. The minimum atomic E-state index is 1.05. The molecule has 0 fully saturated rings. The molecule has 0 aromatic carbocycles. The highest BCUT2D eigenvalue weighted by Crippen LogP contribution is 2.19. The number of hydrogen-bond acceptors (Lipinski definition) is 2. The average molecular weight is 233 g/mol. The minimum absolute atomic E-state index is 1.05. The molecule has 0 bridgehead atoms. The first-order chi connectivity index (χ1) is 8.34. The normalized spacial score (nSPS) is 15.9. The van der Waals surface area contributed by atoms with Crippen molar-refractivity contribution in [2.75, 3.05) is 13.1 Å². The Labute approximate surface area is 104 Å². The molecular formula is C14H23N3. The number of aryl methyl sites for hydroxylation is 1. The van der Waals surface area contributed by atoms with Gasteiger partial charge in [0.05, 0.1) is 6.20 Å². The summed E-state index contributed by atoms with van der Waals surface area (Å²) < 4.78 is 1.86. The first-order valence-corrected chi connectivity index (χ1v) is 6.71. The molecule has 1 N–H and O–H groups in total. The summed E-state index contributed by atoms with van der Waals surface area (Å²) in [4.78, 5) is 0. The van der Waals surface area contributed by atoms with Crippen LogP contribution in [-0.4, -0.2) is 22.9 Å². The molecule has 0 atom stereocenters. The van der Waals surface area contributed by atoms with Gasteiger partial charge in [-0.3, -0.25) is 4.68 Å². The smallest absolute Gasteiger partial charge is 0.0522 e. The molecule has 0 saturated heterocycles. The third-order valence-corrected chi connectivity index (χ3v) is 3.36. The van der Waals surface area contributed by atoms with Crippen LogP contribution in [0.2, 0.25) is 0 Å². The van der Waals surface area contributed by atoms with E-state index in [2.05, 4.69) is 22.7 Å². The number of allylic oxidation sites excluding steroid dienone is 1. The highest BCUT2D eigenvalue weighted by atomic mass is 15.2. The number of aromatic nitrogens is 2. The number of hydrogen-bond donors (Lipinski definition) is 1. The van der Waals surface area contributed by atoms with Crippen molar-refractivity contribution >= 4 is 0 Å². The predicted molar refractivity (Wildman–Crippen MR) is 70.9 cm³/mol. The first-order valence-electron chi connectivity index (χ1n) is 6.71. The molecule has 0 aliphatic heterocycles. The van der Waals surface area contributed by atoms with Crippen molar-refractivity contribution in [1.82, 2.24) is 15.1 Å². The topological polar surface area (TPSA) is 29.9 Å². The summed E-state index contributed by atoms with van der Waals surface area (Å²) in [6.07, 6.45) is 14.2. The van der Waals surface area contributed by atoms with E-state index >= 15 is 0 Å². The minimum Gasteiger partial charge on any atom is -0.316 e. The maximum absolute atomic E-state index is 4.17. The Morgan fingerprint density at radius 3 is 2.88 bits per heavy atom. The Balaban J connectivity index is 1.56. The van der Waals surface area contributed by atoms with E-state index in [1.54, 1.807) is 5.57 Å². The van der Waals surface area contributed by atoms with Crippen molar-refractivity contribution in [3.05, 3.63) is 29.6 Å². The number of nitrogens with zero attached hydrogens (tertiary/aromatic N) is 2. The van der Waals surface area contributed by atoms with Crippen molar-refractivity contribution in [1.29, 1.82) is 0 Å². The molecule has 1 aromatic heterocycles. The molecule has 0 unspecified atom stereocenters. The zero-order valence-corrected chi connectivity index (χ0v) is 10.8. The van der Waals surface area contributed by atoms with Gasteiger partial charge in [0.25, 0.3) is 0 Å². The molecule has 0 radical (unpaired) electrons. The summed E-state index contributed by atoms with van der Waals surface area (Å²) in [5.41, 5.74) is 2.97. The maximum atomic E-state index is 4.17. The van der Waals surface area contributed by atoms with Gasteiger partial charge in [-0.15, -0.1) is 0 Å². The highest BCUT2D eigenvalue weighted by molar-refractivity contribution is 5.06. The van der Waals surface area contributed by atoms with Gasteiger partial charge in [-0.05, 0) is 57.2 Å². The van der Waals surface area contributed by atoms with Gasteiger partial charge in [0.15, 0.2) is 0 Å². The second-order valence-corrected chi connectivity index (χ2v) is 4.88. The number of rotatable bonds is 6. The van der Waals surface area contributed by atoms with Crippen LogP contribution in [-0.2, 0) is 13.5 Å². The van der Waals surface area contributed by atoms with Gasteiger partial charge in [0, 0.05) is 13.2 Å². The van der Waals surface area contributed by atoms with E-state index < -0.39 is 0 Å². The van der Waals surface area contributed by atoms with Crippen molar-refractivity contribution in [3.63, 3.8) is 0 Å². The molecule has 0 saturated carbocycles. The molecule has 0 amide bonds. The molecule has 17 heavy (non-hydrogen) atoms. The second-order valence-electron chi connectivity index (χ2n) is 4.88. The van der Waals surface area contributed by atoms with E-state index in [1.807, 2.05) is 17.9 Å². The maximum Gasteiger partial charge on any atom is 0.0522 e. The number of nitrogens with one attached hydrogen (secondary N) is 1. The molecule has 94 valence electrons. The Bertz CT molecular complexity index is 365. The third-order valence-electron chi connectivity index (χ3n) is 3.36. The van der Waals surface area contributed by atoms with Crippen LogP contribution in [0.4, 0.5) is 0 Å². The predicted octanol–water partition coefficient (Wildman–Crippen LogP) is 2.44. The van der Waals surface area contributed by atoms with E-state index in [0.29, 0.717) is 0 Å². The van der Waals surface area contributed by atoms with Crippen molar-refractivity contribution in [2.45, 2.75) is 38.5 Å². The van der Waals surface area contributed by atoms with Crippen LogP contribution in [0.1, 0.15) is 37.7 Å². The molecule has 3 nitrogen and oxygen atoms in total. The van der Waals surface area contributed by atoms with Crippen LogP contribution in [0, 0.1) is 0 Å². The van der Waals surface area contributed by atoms with Gasteiger partial charge in [-0.1, -0.05) is 11.6 Å². The summed E-state index contributed by atoms with van der Waals surface area (Å²) in [6, 6.07) is 0. The molecular weight excluding hydrogens is 210 g/mol. The van der Waals surface area contributed by atoms with Gasteiger partial charge in [-0.25, -0.2) is 0 Å². The fraction of sp³-hybridized carbons (Fsp3) is 0.643. The Kier molecular flexibility index (Phi) is 4.80. The first kappa shape index (κ1) is 12.4. The summed E-state index contributed by atoms with van der Waals surface area (Å²) in [5, 5.41) is 7.68. The Hall–Kier alpha value is -1.09. The summed E-state index contributed by atoms with van der Waals surface area (Å²) in [6.45, 7) is 2.17. The standard InChI is InChI=1S/C14H23N3/c1-17-12-14(11-16-17)8-10-15-9-7-13-5-3-2-4-6-13/h5,11-12,15H,2-4,6-10H2,1H3. The highest BCUT2D eigenvalue weighted by Gasteiger charge is 2.02. The van der Waals surface area contributed by atoms with Gasteiger partial charge >= 0.3 is 0 Å². The van der Waals surface area contributed by atoms with E-state index in [1.165, 1.54) is 37.7 Å². The molecule has 1 heterocycles. The van der Waals surface area contributed by atoms with E-state index in [9.17, 15) is 0 Å². The second kappa shape index (κ2) is 6.60. The van der Waals surface area contributed by atoms with Crippen LogP contribution >= 0.6 is 0 Å².